The number of nitrogens with one attached hydrogen (secondary N) is 1. The molecule has 1 saturated carbocycles. The van der Waals surface area contributed by atoms with Crippen molar-refractivity contribution < 1.29 is 9.53 Å². The zero-order chi connectivity index (χ0) is 12.2. The van der Waals surface area contributed by atoms with Crippen LogP contribution >= 0.6 is 0 Å². The largest absolute Gasteiger partial charge is 0.369 e. The lowest BCUT2D eigenvalue weighted by molar-refractivity contribution is -0.139. The molecule has 1 aliphatic rings. The molecule has 4 nitrogen and oxygen atoms in total. The highest BCUT2D eigenvalue weighted by Crippen LogP contribution is 2.30. The van der Waals surface area contributed by atoms with Crippen molar-refractivity contribution in [2.75, 3.05) is 20.2 Å². The van der Waals surface area contributed by atoms with Crippen molar-refractivity contribution in [1.82, 2.24) is 5.32 Å². The molecule has 0 radical (unpaired) electrons. The maximum absolute atomic E-state index is 11.8. The van der Waals surface area contributed by atoms with Gasteiger partial charge in [-0.05, 0) is 45.1 Å². The first kappa shape index (κ1) is 13.5. The van der Waals surface area contributed by atoms with Crippen molar-refractivity contribution in [3.63, 3.8) is 0 Å². The molecule has 0 aromatic carbocycles. The SMILES string of the molecule is COC(C)(C)C(=O)NCC1CCCC1CN. The summed E-state index contributed by atoms with van der Waals surface area (Å²) in [6, 6.07) is 0. The second-order valence-electron chi connectivity index (χ2n) is 5.11. The molecule has 0 aromatic heterocycles. The highest BCUT2D eigenvalue weighted by atomic mass is 16.5. The number of rotatable bonds is 5. The number of hydrogen-bond acceptors (Lipinski definition) is 3. The van der Waals surface area contributed by atoms with Crippen LogP contribution < -0.4 is 11.1 Å². The Morgan fingerprint density at radius 1 is 1.44 bits per heavy atom. The summed E-state index contributed by atoms with van der Waals surface area (Å²) in [5.41, 5.74) is 4.97. The average molecular weight is 228 g/mol. The molecule has 0 bridgehead atoms. The summed E-state index contributed by atoms with van der Waals surface area (Å²) in [6.07, 6.45) is 3.61. The van der Waals surface area contributed by atoms with Gasteiger partial charge in [0.1, 0.15) is 5.60 Å². The van der Waals surface area contributed by atoms with Crippen LogP contribution in [-0.4, -0.2) is 31.7 Å². The number of methoxy groups -OCH3 is 1. The molecule has 1 rings (SSSR count). The van der Waals surface area contributed by atoms with Crippen LogP contribution in [0.3, 0.4) is 0 Å². The molecule has 2 atom stereocenters. The predicted octanol–water partition coefficient (Wildman–Crippen LogP) is 0.903. The van der Waals surface area contributed by atoms with E-state index in [0.29, 0.717) is 11.8 Å². The first-order valence-corrected chi connectivity index (χ1v) is 6.04. The Labute approximate surface area is 97.9 Å². The summed E-state index contributed by atoms with van der Waals surface area (Å²) in [4.78, 5) is 11.8. The van der Waals surface area contributed by atoms with Crippen LogP contribution in [0.25, 0.3) is 0 Å². The van der Waals surface area contributed by atoms with E-state index in [0.717, 1.165) is 13.1 Å². The van der Waals surface area contributed by atoms with Gasteiger partial charge in [0.25, 0.3) is 5.91 Å². The van der Waals surface area contributed by atoms with Crippen molar-refractivity contribution in [2.24, 2.45) is 17.6 Å². The Hall–Kier alpha value is -0.610. The predicted molar refractivity (Wildman–Crippen MR) is 64.0 cm³/mol. The summed E-state index contributed by atoms with van der Waals surface area (Å²) < 4.78 is 5.13. The van der Waals surface area contributed by atoms with E-state index in [2.05, 4.69) is 5.32 Å². The van der Waals surface area contributed by atoms with E-state index in [1.807, 2.05) is 0 Å². The van der Waals surface area contributed by atoms with E-state index < -0.39 is 5.60 Å². The molecule has 1 aliphatic carbocycles. The van der Waals surface area contributed by atoms with E-state index >= 15 is 0 Å². The van der Waals surface area contributed by atoms with Crippen molar-refractivity contribution in [1.29, 1.82) is 0 Å². The van der Waals surface area contributed by atoms with Gasteiger partial charge < -0.3 is 15.8 Å². The van der Waals surface area contributed by atoms with Gasteiger partial charge >= 0.3 is 0 Å². The molecule has 1 fully saturated rings. The molecule has 3 N–H and O–H groups in total. The number of ether oxygens (including phenoxy) is 1. The number of carbonyl (C=O) groups is 1. The summed E-state index contributed by atoms with van der Waals surface area (Å²) in [5, 5.41) is 2.96. The second kappa shape index (κ2) is 5.64. The summed E-state index contributed by atoms with van der Waals surface area (Å²) in [7, 11) is 1.55. The van der Waals surface area contributed by atoms with Gasteiger partial charge in [0.2, 0.25) is 0 Å². The van der Waals surface area contributed by atoms with Crippen LogP contribution in [0.2, 0.25) is 0 Å². The minimum Gasteiger partial charge on any atom is -0.369 e. The molecule has 0 heterocycles. The van der Waals surface area contributed by atoms with Crippen LogP contribution in [0.15, 0.2) is 0 Å². The number of hydrogen-bond donors (Lipinski definition) is 2. The normalized spacial score (nSPS) is 25.8. The molecule has 0 saturated heterocycles. The molecule has 0 aliphatic heterocycles. The van der Waals surface area contributed by atoms with Crippen LogP contribution in [0.5, 0.6) is 0 Å². The first-order chi connectivity index (χ1) is 7.51. The fourth-order valence-corrected chi connectivity index (χ4v) is 2.22. The zero-order valence-corrected chi connectivity index (χ0v) is 10.6. The van der Waals surface area contributed by atoms with Crippen molar-refractivity contribution >= 4 is 5.91 Å². The molecule has 94 valence electrons. The lowest BCUT2D eigenvalue weighted by Gasteiger charge is -2.24. The highest BCUT2D eigenvalue weighted by Gasteiger charge is 2.30. The molecular weight excluding hydrogens is 204 g/mol. The Kier molecular flexibility index (Phi) is 4.74. The first-order valence-electron chi connectivity index (χ1n) is 6.04. The molecule has 0 aromatic rings. The molecule has 2 unspecified atom stereocenters. The van der Waals surface area contributed by atoms with E-state index in [-0.39, 0.29) is 5.91 Å². The monoisotopic (exact) mass is 228 g/mol. The minimum absolute atomic E-state index is 0.0438. The zero-order valence-electron chi connectivity index (χ0n) is 10.6. The molecule has 4 heteroatoms. The van der Waals surface area contributed by atoms with Gasteiger partial charge in [-0.15, -0.1) is 0 Å². The van der Waals surface area contributed by atoms with E-state index in [9.17, 15) is 4.79 Å². The van der Waals surface area contributed by atoms with Crippen molar-refractivity contribution in [2.45, 2.75) is 38.7 Å². The molecule has 1 amide bonds. The van der Waals surface area contributed by atoms with Crippen LogP contribution in [-0.2, 0) is 9.53 Å². The lowest BCUT2D eigenvalue weighted by Crippen LogP contribution is -2.45. The Bertz CT molecular complexity index is 241. The molecule has 0 spiro atoms. The van der Waals surface area contributed by atoms with Gasteiger partial charge in [-0.3, -0.25) is 4.79 Å². The van der Waals surface area contributed by atoms with Crippen LogP contribution in [0.1, 0.15) is 33.1 Å². The Morgan fingerprint density at radius 2 is 2.06 bits per heavy atom. The van der Waals surface area contributed by atoms with Gasteiger partial charge in [0.15, 0.2) is 0 Å². The number of amides is 1. The van der Waals surface area contributed by atoms with Gasteiger partial charge in [-0.2, -0.15) is 0 Å². The van der Waals surface area contributed by atoms with E-state index in [1.54, 1.807) is 21.0 Å². The fraction of sp³-hybridized carbons (Fsp3) is 0.917. The number of nitrogens with two attached hydrogens (primary N) is 1. The summed E-state index contributed by atoms with van der Waals surface area (Å²) in [5.74, 6) is 1.07. The number of carbonyl (C=O) groups excluding carboxylic acids is 1. The highest BCUT2D eigenvalue weighted by molar-refractivity contribution is 5.84. The maximum Gasteiger partial charge on any atom is 0.251 e. The Morgan fingerprint density at radius 3 is 2.62 bits per heavy atom. The third-order valence-electron chi connectivity index (χ3n) is 3.70. The maximum atomic E-state index is 11.8. The third-order valence-corrected chi connectivity index (χ3v) is 3.70. The molecule has 16 heavy (non-hydrogen) atoms. The summed E-state index contributed by atoms with van der Waals surface area (Å²) in [6.45, 7) is 5.01. The molecular formula is C12H24N2O2. The Balaban J connectivity index is 2.37. The van der Waals surface area contributed by atoms with Gasteiger partial charge in [-0.1, -0.05) is 6.42 Å². The van der Waals surface area contributed by atoms with E-state index in [4.69, 9.17) is 10.5 Å². The quantitative estimate of drug-likeness (QED) is 0.735. The van der Waals surface area contributed by atoms with Gasteiger partial charge in [0, 0.05) is 13.7 Å². The lowest BCUT2D eigenvalue weighted by atomic mass is 9.96. The van der Waals surface area contributed by atoms with Gasteiger partial charge in [-0.25, -0.2) is 0 Å². The van der Waals surface area contributed by atoms with Crippen molar-refractivity contribution in [3.8, 4) is 0 Å². The van der Waals surface area contributed by atoms with Crippen LogP contribution in [0, 0.1) is 11.8 Å². The van der Waals surface area contributed by atoms with Crippen LogP contribution in [0.4, 0.5) is 0 Å². The second-order valence-corrected chi connectivity index (χ2v) is 5.11. The minimum atomic E-state index is -0.739. The standard InChI is InChI=1S/C12H24N2O2/c1-12(2,16-3)11(15)14-8-10-6-4-5-9(10)7-13/h9-10H,4-8,13H2,1-3H3,(H,14,15). The topological polar surface area (TPSA) is 64.3 Å². The fourth-order valence-electron chi connectivity index (χ4n) is 2.22. The van der Waals surface area contributed by atoms with Gasteiger partial charge in [0.05, 0.1) is 0 Å². The summed E-state index contributed by atoms with van der Waals surface area (Å²) >= 11 is 0. The van der Waals surface area contributed by atoms with Crippen molar-refractivity contribution in [3.05, 3.63) is 0 Å². The van der Waals surface area contributed by atoms with E-state index in [1.165, 1.54) is 19.3 Å². The third kappa shape index (κ3) is 3.19. The smallest absolute Gasteiger partial charge is 0.251 e. The average Bonchev–Trinajstić information content (AvgIpc) is 2.72.